The Morgan fingerprint density at radius 2 is 1.79 bits per heavy atom. The summed E-state index contributed by atoms with van der Waals surface area (Å²) in [5.74, 6) is -1.34. The van der Waals surface area contributed by atoms with E-state index in [-0.39, 0.29) is 42.8 Å². The van der Waals surface area contributed by atoms with Crippen molar-refractivity contribution in [1.82, 2.24) is 24.5 Å². The molecule has 5 atom stereocenters. The summed E-state index contributed by atoms with van der Waals surface area (Å²) in [4.78, 5) is 46.9. The first-order valence-electron chi connectivity index (χ1n) is 18.5. The maximum absolute atomic E-state index is 15.1. The average molecular weight is 723 g/mol. The number of anilines is 1. The van der Waals surface area contributed by atoms with Crippen LogP contribution in [0.25, 0.3) is 6.08 Å². The number of aromatic nitrogens is 2. The first kappa shape index (κ1) is 39.0. The second kappa shape index (κ2) is 18.0. The normalized spacial score (nSPS) is 26.6. The standard InChI is InChI=1S/C39H55FN6O6/c1-27-7-9-34(47)25-37(49)52-38(28(2)8-10-35(27)51-39(50)43(5)32-11-15-42(4)16-12-32)29(3)21-30-22-31(40)24-33(23-30)44-17-19-45(20-18-44)36(48)26-46-14-6-13-41-46/h6,8,10,13-14,21-24,27-28,32,34-35,38,47H,7,9,11-12,15-20,25-26H2,1-5H3/b10-8+,29-21+/t27-,28-,34+,35-,38-/m0/s1. The van der Waals surface area contributed by atoms with Gasteiger partial charge >= 0.3 is 12.1 Å². The molecule has 2 aromatic rings. The second-order valence-electron chi connectivity index (χ2n) is 14.8. The van der Waals surface area contributed by atoms with E-state index in [2.05, 4.69) is 21.9 Å². The minimum atomic E-state index is -0.899. The van der Waals surface area contributed by atoms with E-state index in [1.54, 1.807) is 40.0 Å². The highest BCUT2D eigenvalue weighted by Gasteiger charge is 2.30. The summed E-state index contributed by atoms with van der Waals surface area (Å²) < 4.78 is 28.7. The molecule has 13 heteroatoms. The number of halogens is 1. The molecule has 12 nitrogen and oxygen atoms in total. The van der Waals surface area contributed by atoms with Gasteiger partial charge in [-0.25, -0.2) is 9.18 Å². The molecular formula is C39H55FN6O6. The molecule has 52 heavy (non-hydrogen) atoms. The van der Waals surface area contributed by atoms with Crippen molar-refractivity contribution in [3.8, 4) is 0 Å². The van der Waals surface area contributed by atoms with Crippen molar-refractivity contribution >= 4 is 29.7 Å². The first-order valence-corrected chi connectivity index (χ1v) is 18.5. The van der Waals surface area contributed by atoms with E-state index in [1.807, 2.05) is 45.1 Å². The number of amides is 2. The summed E-state index contributed by atoms with van der Waals surface area (Å²) in [5, 5.41) is 14.8. The number of hydrogen-bond donors (Lipinski definition) is 1. The number of piperazine rings is 1. The van der Waals surface area contributed by atoms with Gasteiger partial charge in [-0.05, 0) is 100 Å². The smallest absolute Gasteiger partial charge is 0.410 e. The Bertz CT molecular complexity index is 1570. The lowest BCUT2D eigenvalue weighted by molar-refractivity contribution is -0.151. The number of aliphatic hydroxyl groups is 1. The molecule has 284 valence electrons. The summed E-state index contributed by atoms with van der Waals surface area (Å²) in [5.41, 5.74) is 2.01. The van der Waals surface area contributed by atoms with Gasteiger partial charge in [0, 0.05) is 63.3 Å². The third kappa shape index (κ3) is 10.7. The number of carbonyl (C=O) groups is 3. The van der Waals surface area contributed by atoms with Gasteiger partial charge in [-0.3, -0.25) is 14.3 Å². The monoisotopic (exact) mass is 722 g/mol. The number of esters is 1. The van der Waals surface area contributed by atoms with Crippen LogP contribution in [0, 0.1) is 17.7 Å². The number of ether oxygens (including phenoxy) is 2. The van der Waals surface area contributed by atoms with Crippen molar-refractivity contribution < 1.29 is 33.4 Å². The molecule has 1 aromatic heterocycles. The third-order valence-corrected chi connectivity index (χ3v) is 10.6. The summed E-state index contributed by atoms with van der Waals surface area (Å²) in [6.07, 6.45) is 9.02. The van der Waals surface area contributed by atoms with Crippen LogP contribution in [0.4, 0.5) is 14.9 Å². The Morgan fingerprint density at radius 1 is 1.06 bits per heavy atom. The van der Waals surface area contributed by atoms with E-state index < -0.39 is 30.1 Å². The molecule has 0 bridgehead atoms. The summed E-state index contributed by atoms with van der Waals surface area (Å²) in [6.45, 7) is 9.92. The van der Waals surface area contributed by atoms with E-state index >= 15 is 4.39 Å². The van der Waals surface area contributed by atoms with Crippen molar-refractivity contribution in [2.24, 2.45) is 11.8 Å². The number of rotatable bonds is 7. The molecule has 0 radical (unpaired) electrons. The number of nitrogens with zero attached hydrogens (tertiary/aromatic N) is 6. The molecule has 0 spiro atoms. The quantitative estimate of drug-likeness (QED) is 0.323. The Kier molecular flexibility index (Phi) is 13.5. The second-order valence-corrected chi connectivity index (χ2v) is 14.8. The van der Waals surface area contributed by atoms with Gasteiger partial charge in [-0.1, -0.05) is 26.0 Å². The van der Waals surface area contributed by atoms with Crippen LogP contribution in [0.5, 0.6) is 0 Å². The number of likely N-dealkylation sites (tertiary alicyclic amines) is 1. The lowest BCUT2D eigenvalue weighted by Crippen LogP contribution is -2.49. The number of carbonyl (C=O) groups excluding carboxylic acids is 3. The number of piperidine rings is 1. The van der Waals surface area contributed by atoms with Crippen LogP contribution in [0.2, 0.25) is 0 Å². The lowest BCUT2D eigenvalue weighted by Gasteiger charge is -2.36. The third-order valence-electron chi connectivity index (χ3n) is 10.6. The van der Waals surface area contributed by atoms with Gasteiger partial charge in [0.2, 0.25) is 5.91 Å². The number of hydrogen-bond acceptors (Lipinski definition) is 9. The van der Waals surface area contributed by atoms with E-state index in [0.29, 0.717) is 55.8 Å². The van der Waals surface area contributed by atoms with Crippen LogP contribution < -0.4 is 4.90 Å². The molecule has 2 fully saturated rings. The topological polar surface area (TPSA) is 121 Å². The molecule has 1 N–H and O–H groups in total. The van der Waals surface area contributed by atoms with Crippen molar-refractivity contribution in [2.45, 2.75) is 83.8 Å². The Balaban J connectivity index is 1.29. The van der Waals surface area contributed by atoms with Gasteiger partial charge in [-0.2, -0.15) is 5.10 Å². The zero-order valence-electron chi connectivity index (χ0n) is 31.2. The summed E-state index contributed by atoms with van der Waals surface area (Å²) in [7, 11) is 3.87. The van der Waals surface area contributed by atoms with Crippen molar-refractivity contribution in [3.63, 3.8) is 0 Å². The fourth-order valence-corrected chi connectivity index (χ4v) is 7.23. The highest BCUT2D eigenvalue weighted by atomic mass is 19.1. The zero-order chi connectivity index (χ0) is 37.4. The van der Waals surface area contributed by atoms with Gasteiger partial charge < -0.3 is 34.2 Å². The van der Waals surface area contributed by atoms with Crippen molar-refractivity contribution in [1.29, 1.82) is 0 Å². The average Bonchev–Trinajstić information content (AvgIpc) is 3.63. The molecule has 0 aliphatic carbocycles. The van der Waals surface area contributed by atoms with Gasteiger partial charge in [0.05, 0.1) is 12.5 Å². The van der Waals surface area contributed by atoms with Crippen LogP contribution in [0.1, 0.15) is 58.4 Å². The molecule has 0 saturated carbocycles. The molecule has 3 aliphatic rings. The number of benzene rings is 1. The molecule has 4 heterocycles. The maximum Gasteiger partial charge on any atom is 0.410 e. The number of cyclic esters (lactones) is 1. The highest BCUT2D eigenvalue weighted by molar-refractivity contribution is 5.76. The fourth-order valence-electron chi connectivity index (χ4n) is 7.23. The Morgan fingerprint density at radius 3 is 2.48 bits per heavy atom. The first-order chi connectivity index (χ1) is 24.9. The summed E-state index contributed by atoms with van der Waals surface area (Å²) in [6, 6.07) is 6.72. The van der Waals surface area contributed by atoms with Crippen LogP contribution in [0.15, 0.2) is 54.4 Å². The lowest BCUT2D eigenvalue weighted by atomic mass is 9.91. The van der Waals surface area contributed by atoms with E-state index in [1.165, 1.54) is 12.1 Å². The predicted octanol–water partition coefficient (Wildman–Crippen LogP) is 4.59. The van der Waals surface area contributed by atoms with Gasteiger partial charge in [0.25, 0.3) is 0 Å². The predicted molar refractivity (Wildman–Crippen MR) is 197 cm³/mol. The minimum absolute atomic E-state index is 0.0111. The summed E-state index contributed by atoms with van der Waals surface area (Å²) >= 11 is 0. The Hall–Kier alpha value is -4.23. The molecule has 5 rings (SSSR count). The molecule has 0 unspecified atom stereocenters. The van der Waals surface area contributed by atoms with Crippen molar-refractivity contribution in [2.75, 3.05) is 58.3 Å². The van der Waals surface area contributed by atoms with E-state index in [4.69, 9.17) is 9.47 Å². The van der Waals surface area contributed by atoms with E-state index in [0.717, 1.165) is 25.9 Å². The zero-order valence-corrected chi connectivity index (χ0v) is 31.2. The van der Waals surface area contributed by atoms with Crippen molar-refractivity contribution in [3.05, 3.63) is 65.8 Å². The van der Waals surface area contributed by atoms with Gasteiger partial charge in [0.15, 0.2) is 0 Å². The van der Waals surface area contributed by atoms with E-state index in [9.17, 15) is 19.5 Å². The molecule has 2 saturated heterocycles. The van der Waals surface area contributed by atoms with Gasteiger partial charge in [-0.15, -0.1) is 0 Å². The maximum atomic E-state index is 15.1. The SMILES string of the molecule is C/C(=C\c1cc(F)cc(N2CCN(C(=O)Cn3cccn3)CC2)c1)[C@H]1OC(=O)C[C@H](O)CC[C@H](C)[C@@H](OC(=O)N(C)C2CCN(C)CC2)/C=C/[C@@H]1C. The highest BCUT2D eigenvalue weighted by Crippen LogP contribution is 2.28. The van der Waals surface area contributed by atoms with Gasteiger partial charge in [0.1, 0.15) is 24.6 Å². The van der Waals surface area contributed by atoms with Crippen LogP contribution in [0.3, 0.4) is 0 Å². The van der Waals surface area contributed by atoms with Crippen LogP contribution in [-0.4, -0.2) is 125 Å². The molecule has 2 amide bonds. The molecule has 1 aromatic carbocycles. The largest absolute Gasteiger partial charge is 0.457 e. The fraction of sp³-hybridized carbons (Fsp3) is 0.590. The number of aliphatic hydroxyl groups excluding tert-OH is 1. The molecule has 3 aliphatic heterocycles. The van der Waals surface area contributed by atoms with Crippen LogP contribution >= 0.6 is 0 Å². The minimum Gasteiger partial charge on any atom is -0.457 e. The molecular weight excluding hydrogens is 667 g/mol. The Labute approximate surface area is 306 Å². The van der Waals surface area contributed by atoms with Crippen LogP contribution in [-0.2, 0) is 25.6 Å².